The Labute approximate surface area is 168 Å². The van der Waals surface area contributed by atoms with Gasteiger partial charge < -0.3 is 14.5 Å². The summed E-state index contributed by atoms with van der Waals surface area (Å²) in [6, 6.07) is 13.9. The van der Waals surface area contributed by atoms with E-state index in [1.54, 1.807) is 0 Å². The highest BCUT2D eigenvalue weighted by molar-refractivity contribution is 5.84. The molecule has 0 radical (unpaired) electrons. The van der Waals surface area contributed by atoms with Crippen LogP contribution in [-0.2, 0) is 20.9 Å². The molecular weight excluding hydrogens is 370 g/mol. The second-order valence-corrected chi connectivity index (χ2v) is 7.00. The number of fused-ring (bicyclic) bond motifs is 1. The van der Waals surface area contributed by atoms with Crippen LogP contribution in [-0.4, -0.2) is 11.9 Å². The Morgan fingerprint density at radius 2 is 1.83 bits per heavy atom. The maximum absolute atomic E-state index is 12.4. The molecule has 0 bridgehead atoms. The fourth-order valence-corrected chi connectivity index (χ4v) is 3.21. The van der Waals surface area contributed by atoms with Gasteiger partial charge in [-0.05, 0) is 30.5 Å². The van der Waals surface area contributed by atoms with Crippen LogP contribution in [0.25, 0.3) is 11.0 Å². The van der Waals surface area contributed by atoms with Crippen LogP contribution >= 0.6 is 0 Å². The Balaban J connectivity index is 1.77. The van der Waals surface area contributed by atoms with Gasteiger partial charge in [0.1, 0.15) is 12.2 Å². The third-order valence-corrected chi connectivity index (χ3v) is 4.86. The van der Waals surface area contributed by atoms with Crippen molar-refractivity contribution in [1.82, 2.24) is 5.32 Å². The van der Waals surface area contributed by atoms with Gasteiger partial charge in [0, 0.05) is 23.9 Å². The number of esters is 1. The van der Waals surface area contributed by atoms with Gasteiger partial charge in [-0.25, -0.2) is 4.79 Å². The van der Waals surface area contributed by atoms with Crippen molar-refractivity contribution in [3.63, 3.8) is 0 Å². The first kappa shape index (κ1) is 20.3. The average Bonchev–Trinajstić information content (AvgIpc) is 2.69. The molecular formula is C23H23NO5. The molecule has 1 aromatic heterocycles. The van der Waals surface area contributed by atoms with Crippen molar-refractivity contribution in [2.24, 2.45) is 0 Å². The molecule has 0 spiro atoms. The minimum Gasteiger partial charge on any atom is -0.461 e. The van der Waals surface area contributed by atoms with Gasteiger partial charge in [0.2, 0.25) is 5.91 Å². The van der Waals surface area contributed by atoms with E-state index in [2.05, 4.69) is 5.32 Å². The number of rotatable bonds is 6. The van der Waals surface area contributed by atoms with Crippen LogP contribution in [0.15, 0.2) is 57.7 Å². The topological polar surface area (TPSA) is 85.6 Å². The number of ether oxygens (including phenoxy) is 1. The fraction of sp³-hybridized carbons (Fsp3) is 0.261. The van der Waals surface area contributed by atoms with E-state index >= 15 is 0 Å². The summed E-state index contributed by atoms with van der Waals surface area (Å²) >= 11 is 0. The first-order valence-corrected chi connectivity index (χ1v) is 9.35. The van der Waals surface area contributed by atoms with Crippen LogP contribution in [0.4, 0.5) is 0 Å². The van der Waals surface area contributed by atoms with Crippen molar-refractivity contribution < 1.29 is 18.7 Å². The van der Waals surface area contributed by atoms with E-state index in [1.807, 2.05) is 56.3 Å². The minimum absolute atomic E-state index is 0.0128. The number of hydrogen-bond acceptors (Lipinski definition) is 5. The van der Waals surface area contributed by atoms with Gasteiger partial charge in [-0.2, -0.15) is 0 Å². The second-order valence-electron chi connectivity index (χ2n) is 7.00. The zero-order valence-corrected chi connectivity index (χ0v) is 16.7. The number of aryl methyl sites for hydroxylation is 2. The molecule has 1 amide bonds. The third-order valence-electron chi connectivity index (χ3n) is 4.86. The molecule has 3 aromatic rings. The molecule has 0 unspecified atom stereocenters. The van der Waals surface area contributed by atoms with Crippen molar-refractivity contribution in [1.29, 1.82) is 0 Å². The summed E-state index contributed by atoms with van der Waals surface area (Å²) in [6.45, 7) is 5.17. The highest BCUT2D eigenvalue weighted by Crippen LogP contribution is 2.24. The summed E-state index contributed by atoms with van der Waals surface area (Å²) in [4.78, 5) is 35.9. The number of carbonyl (C=O) groups is 2. The van der Waals surface area contributed by atoms with Gasteiger partial charge in [-0.15, -0.1) is 0 Å². The largest absolute Gasteiger partial charge is 0.461 e. The van der Waals surface area contributed by atoms with Crippen LogP contribution in [0.1, 0.15) is 41.6 Å². The van der Waals surface area contributed by atoms with E-state index < -0.39 is 17.6 Å². The molecule has 6 nitrogen and oxygen atoms in total. The molecule has 0 aliphatic heterocycles. The first-order valence-electron chi connectivity index (χ1n) is 9.35. The number of amides is 1. The molecule has 0 aliphatic carbocycles. The lowest BCUT2D eigenvalue weighted by Gasteiger charge is -2.18. The predicted molar refractivity (Wildman–Crippen MR) is 109 cm³/mol. The molecule has 1 atom stereocenters. The Kier molecular flexibility index (Phi) is 6.12. The van der Waals surface area contributed by atoms with E-state index in [0.717, 1.165) is 22.1 Å². The highest BCUT2D eigenvalue weighted by atomic mass is 16.5. The van der Waals surface area contributed by atoms with E-state index in [1.165, 1.54) is 13.0 Å². The van der Waals surface area contributed by atoms with Gasteiger partial charge >= 0.3 is 11.6 Å². The van der Waals surface area contributed by atoms with Gasteiger partial charge in [0.15, 0.2) is 0 Å². The van der Waals surface area contributed by atoms with Crippen molar-refractivity contribution in [2.75, 3.05) is 0 Å². The standard InChI is InChI=1S/C23H23NO5/c1-14-9-10-19-18(11-22(27)29-23(19)15(14)2)13-28-21(26)12-20(24-16(3)25)17-7-5-4-6-8-17/h4-11,20H,12-13H2,1-3H3,(H,24,25)/t20-/m0/s1. The zero-order valence-electron chi connectivity index (χ0n) is 16.7. The molecule has 150 valence electrons. The molecule has 29 heavy (non-hydrogen) atoms. The Morgan fingerprint density at radius 1 is 1.10 bits per heavy atom. The Morgan fingerprint density at radius 3 is 2.52 bits per heavy atom. The van der Waals surface area contributed by atoms with E-state index in [4.69, 9.17) is 9.15 Å². The maximum atomic E-state index is 12.4. The third kappa shape index (κ3) is 4.90. The Hall–Kier alpha value is -3.41. The normalized spacial score (nSPS) is 11.8. The summed E-state index contributed by atoms with van der Waals surface area (Å²) in [7, 11) is 0. The molecule has 2 aromatic carbocycles. The average molecular weight is 393 g/mol. The summed E-state index contributed by atoms with van der Waals surface area (Å²) in [5, 5.41) is 3.51. The predicted octanol–water partition coefficient (Wildman–Crippen LogP) is 3.72. The number of benzene rings is 2. The van der Waals surface area contributed by atoms with Crippen molar-refractivity contribution >= 4 is 22.8 Å². The summed E-state index contributed by atoms with van der Waals surface area (Å²) in [6.07, 6.45) is -0.0128. The van der Waals surface area contributed by atoms with Crippen LogP contribution in [0.5, 0.6) is 0 Å². The van der Waals surface area contributed by atoms with E-state index in [-0.39, 0.29) is 18.9 Å². The highest BCUT2D eigenvalue weighted by Gasteiger charge is 2.19. The number of hydrogen-bond donors (Lipinski definition) is 1. The summed E-state index contributed by atoms with van der Waals surface area (Å²) in [5.41, 5.74) is 3.31. The lowest BCUT2D eigenvalue weighted by atomic mass is 10.0. The van der Waals surface area contributed by atoms with Gasteiger partial charge in [0.05, 0.1) is 12.5 Å². The summed E-state index contributed by atoms with van der Waals surface area (Å²) < 4.78 is 10.8. The minimum atomic E-state index is -0.488. The fourth-order valence-electron chi connectivity index (χ4n) is 3.21. The molecule has 1 N–H and O–H groups in total. The second kappa shape index (κ2) is 8.73. The molecule has 0 aliphatic rings. The Bertz CT molecular complexity index is 1100. The molecule has 3 rings (SSSR count). The lowest BCUT2D eigenvalue weighted by Crippen LogP contribution is -2.28. The van der Waals surface area contributed by atoms with Crippen molar-refractivity contribution in [3.05, 3.63) is 81.2 Å². The van der Waals surface area contributed by atoms with Crippen LogP contribution in [0.2, 0.25) is 0 Å². The zero-order chi connectivity index (χ0) is 21.0. The van der Waals surface area contributed by atoms with Crippen LogP contribution in [0.3, 0.4) is 0 Å². The van der Waals surface area contributed by atoms with Crippen LogP contribution < -0.4 is 10.9 Å². The monoisotopic (exact) mass is 393 g/mol. The first-order chi connectivity index (χ1) is 13.8. The van der Waals surface area contributed by atoms with Crippen molar-refractivity contribution in [3.8, 4) is 0 Å². The van der Waals surface area contributed by atoms with Gasteiger partial charge in [-0.3, -0.25) is 9.59 Å². The maximum Gasteiger partial charge on any atom is 0.336 e. The molecule has 1 heterocycles. The summed E-state index contributed by atoms with van der Waals surface area (Å²) in [5.74, 6) is -0.706. The SMILES string of the molecule is CC(=O)N[C@@H](CC(=O)OCc1cc(=O)oc2c(C)c(C)ccc12)c1ccccc1. The number of nitrogens with one attached hydrogen (secondary N) is 1. The molecule has 0 saturated heterocycles. The molecule has 0 fully saturated rings. The van der Waals surface area contributed by atoms with Gasteiger partial charge in [-0.1, -0.05) is 42.5 Å². The van der Waals surface area contributed by atoms with Crippen LogP contribution in [0, 0.1) is 13.8 Å². The lowest BCUT2D eigenvalue weighted by molar-refractivity contribution is -0.145. The quantitative estimate of drug-likeness (QED) is 0.510. The molecule has 0 saturated carbocycles. The van der Waals surface area contributed by atoms with E-state index in [0.29, 0.717) is 11.1 Å². The van der Waals surface area contributed by atoms with E-state index in [9.17, 15) is 14.4 Å². The smallest absolute Gasteiger partial charge is 0.336 e. The van der Waals surface area contributed by atoms with Crippen molar-refractivity contribution in [2.45, 2.75) is 39.8 Å². The number of carbonyl (C=O) groups excluding carboxylic acids is 2. The van der Waals surface area contributed by atoms with Gasteiger partial charge in [0.25, 0.3) is 0 Å². The molecule has 6 heteroatoms.